The summed E-state index contributed by atoms with van der Waals surface area (Å²) in [5.74, 6) is -0.208. The third-order valence-electron chi connectivity index (χ3n) is 1.88. The lowest BCUT2D eigenvalue weighted by Gasteiger charge is -2.08. The molecule has 0 aliphatic rings. The normalized spacial score (nSPS) is 11.9. The fourth-order valence-corrected chi connectivity index (χ4v) is 1.03. The smallest absolute Gasteiger partial charge is 0.293 e. The Hall–Kier alpha value is -0.830. The zero-order chi connectivity index (χ0) is 11.0. The Morgan fingerprint density at radius 1 is 1.43 bits per heavy atom. The van der Waals surface area contributed by atoms with Crippen molar-refractivity contribution < 1.29 is 14.6 Å². The van der Waals surface area contributed by atoms with Gasteiger partial charge in [-0.15, -0.1) is 0 Å². The van der Waals surface area contributed by atoms with Crippen molar-refractivity contribution in [1.82, 2.24) is 0 Å². The molecule has 0 saturated carbocycles. The molecule has 0 aromatic rings. The van der Waals surface area contributed by atoms with Crippen LogP contribution in [0, 0.1) is 5.92 Å². The predicted octanol–water partition coefficient (Wildman–Crippen LogP) is 2.86. The number of hydrogen-bond donors (Lipinski definition) is 0. The van der Waals surface area contributed by atoms with Crippen LogP contribution in [0.25, 0.3) is 0 Å². The molecule has 0 fully saturated rings. The van der Waals surface area contributed by atoms with Gasteiger partial charge in [0.1, 0.15) is 0 Å². The van der Waals surface area contributed by atoms with Gasteiger partial charge in [-0.1, -0.05) is 33.3 Å². The molecule has 0 saturated heterocycles. The van der Waals surface area contributed by atoms with Gasteiger partial charge in [0.15, 0.2) is 0 Å². The number of carbonyl (C=O) groups is 1. The van der Waals surface area contributed by atoms with Crippen LogP contribution in [0.4, 0.5) is 0 Å². The fourth-order valence-electron chi connectivity index (χ4n) is 1.03. The van der Waals surface area contributed by atoms with Crippen LogP contribution in [0.15, 0.2) is 11.6 Å². The van der Waals surface area contributed by atoms with E-state index in [9.17, 15) is 4.79 Å². The maximum absolute atomic E-state index is 11.4. The first-order valence-electron chi connectivity index (χ1n) is 5.13. The molecule has 82 valence electrons. The molecule has 0 atom stereocenters. The van der Waals surface area contributed by atoms with Gasteiger partial charge in [0.25, 0.3) is 0 Å². The number of rotatable bonds is 6. The van der Waals surface area contributed by atoms with Crippen LogP contribution < -0.4 is 0 Å². The van der Waals surface area contributed by atoms with Crippen molar-refractivity contribution in [3.8, 4) is 0 Å². The highest BCUT2D eigenvalue weighted by Gasteiger charge is 2.14. The van der Waals surface area contributed by atoms with Crippen molar-refractivity contribution in [3.05, 3.63) is 11.6 Å². The zero-order valence-electron chi connectivity index (χ0n) is 9.50. The molecule has 0 heterocycles. The first-order valence-corrected chi connectivity index (χ1v) is 5.13. The first kappa shape index (κ1) is 13.2. The van der Waals surface area contributed by atoms with Crippen molar-refractivity contribution in [1.29, 1.82) is 0 Å². The number of hydrogen-bond acceptors (Lipinski definition) is 3. The van der Waals surface area contributed by atoms with Gasteiger partial charge < -0.3 is 0 Å². The maximum Gasteiger partial charge on any atom is 0.369 e. The Morgan fingerprint density at radius 2 is 2.07 bits per heavy atom. The molecule has 0 rings (SSSR count). The van der Waals surface area contributed by atoms with E-state index >= 15 is 0 Å². The van der Waals surface area contributed by atoms with E-state index in [1.165, 1.54) is 0 Å². The topological polar surface area (TPSA) is 35.5 Å². The Bertz CT molecular complexity index is 195. The van der Waals surface area contributed by atoms with E-state index in [-0.39, 0.29) is 11.9 Å². The summed E-state index contributed by atoms with van der Waals surface area (Å²) >= 11 is 0. The predicted molar refractivity (Wildman–Crippen MR) is 55.5 cm³/mol. The van der Waals surface area contributed by atoms with Crippen LogP contribution in [0.3, 0.4) is 0 Å². The molecule has 0 aromatic heterocycles. The average Bonchev–Trinajstić information content (AvgIpc) is 2.13. The Labute approximate surface area is 86.0 Å². The number of allylic oxidation sites excluding steroid dienone is 1. The van der Waals surface area contributed by atoms with Crippen LogP contribution in [-0.4, -0.2) is 12.6 Å². The van der Waals surface area contributed by atoms with Gasteiger partial charge in [-0.05, 0) is 19.3 Å². The lowest BCUT2D eigenvalue weighted by atomic mass is 10.0. The molecule has 3 heteroatoms. The molecule has 14 heavy (non-hydrogen) atoms. The van der Waals surface area contributed by atoms with E-state index in [1.54, 1.807) is 6.08 Å². The maximum atomic E-state index is 11.4. The van der Waals surface area contributed by atoms with Gasteiger partial charge >= 0.3 is 5.97 Å². The highest BCUT2D eigenvalue weighted by atomic mass is 17.2. The second kappa shape index (κ2) is 7.56. The minimum absolute atomic E-state index is 0.169. The van der Waals surface area contributed by atoms with Gasteiger partial charge in [0.05, 0.1) is 6.61 Å². The van der Waals surface area contributed by atoms with E-state index in [0.29, 0.717) is 12.2 Å². The van der Waals surface area contributed by atoms with Crippen molar-refractivity contribution in [2.75, 3.05) is 6.61 Å². The summed E-state index contributed by atoms with van der Waals surface area (Å²) in [6.45, 7) is 8.24. The monoisotopic (exact) mass is 200 g/mol. The molecule has 0 spiro atoms. The quantitative estimate of drug-likeness (QED) is 0.286. The average molecular weight is 200 g/mol. The second-order valence-electron chi connectivity index (χ2n) is 3.45. The summed E-state index contributed by atoms with van der Waals surface area (Å²) in [4.78, 5) is 20.8. The molecule has 0 aromatic carbocycles. The lowest BCUT2D eigenvalue weighted by Crippen LogP contribution is -2.13. The summed E-state index contributed by atoms with van der Waals surface area (Å²) in [6, 6.07) is 0. The molecule has 3 nitrogen and oxygen atoms in total. The number of carbonyl (C=O) groups excluding carboxylic acids is 1. The Kier molecular flexibility index (Phi) is 7.11. The van der Waals surface area contributed by atoms with Gasteiger partial charge in [0, 0.05) is 5.57 Å². The minimum Gasteiger partial charge on any atom is -0.293 e. The van der Waals surface area contributed by atoms with Crippen molar-refractivity contribution >= 4 is 5.97 Å². The minimum atomic E-state index is -0.376. The van der Waals surface area contributed by atoms with Gasteiger partial charge in [-0.25, -0.2) is 4.79 Å². The summed E-state index contributed by atoms with van der Waals surface area (Å²) in [5.41, 5.74) is 0.654. The van der Waals surface area contributed by atoms with E-state index < -0.39 is 0 Å². The Morgan fingerprint density at radius 3 is 2.50 bits per heavy atom. The highest BCUT2D eigenvalue weighted by Crippen LogP contribution is 2.11. The molecule has 0 amide bonds. The van der Waals surface area contributed by atoms with Crippen LogP contribution in [-0.2, 0) is 14.6 Å². The van der Waals surface area contributed by atoms with Crippen LogP contribution >= 0.6 is 0 Å². The molecular formula is C11H20O3. The molecule has 0 aliphatic carbocycles. The van der Waals surface area contributed by atoms with Crippen molar-refractivity contribution in [2.24, 2.45) is 5.92 Å². The van der Waals surface area contributed by atoms with Gasteiger partial charge in [-0.2, -0.15) is 4.89 Å². The molecule has 0 radical (unpaired) electrons. The summed E-state index contributed by atoms with van der Waals surface area (Å²) in [5, 5.41) is 0. The van der Waals surface area contributed by atoms with E-state index in [4.69, 9.17) is 4.89 Å². The van der Waals surface area contributed by atoms with Crippen molar-refractivity contribution in [3.63, 3.8) is 0 Å². The molecule has 0 aliphatic heterocycles. The van der Waals surface area contributed by atoms with Gasteiger partial charge in [-0.3, -0.25) is 4.89 Å². The molecular weight excluding hydrogens is 180 g/mol. The number of unbranched alkanes of at least 4 members (excludes halogenated alkanes) is 1. The molecule has 0 N–H and O–H groups in total. The highest BCUT2D eigenvalue weighted by molar-refractivity contribution is 5.88. The summed E-state index contributed by atoms with van der Waals surface area (Å²) < 4.78 is 0. The molecule has 0 unspecified atom stereocenters. The standard InChI is InChI=1S/C11H20O3/c1-5-7-8-13-14-11(12)10(6-2)9(3)4/h6,9H,5,7-8H2,1-4H3. The Balaban J connectivity index is 3.83. The fraction of sp³-hybridized carbons (Fsp3) is 0.727. The van der Waals surface area contributed by atoms with Crippen LogP contribution in [0.1, 0.15) is 40.5 Å². The summed E-state index contributed by atoms with van der Waals surface area (Å²) in [7, 11) is 0. The lowest BCUT2D eigenvalue weighted by molar-refractivity contribution is -0.269. The second-order valence-corrected chi connectivity index (χ2v) is 3.45. The third kappa shape index (κ3) is 5.02. The van der Waals surface area contributed by atoms with Crippen LogP contribution in [0.5, 0.6) is 0 Å². The third-order valence-corrected chi connectivity index (χ3v) is 1.88. The van der Waals surface area contributed by atoms with Gasteiger partial charge in [0.2, 0.25) is 0 Å². The van der Waals surface area contributed by atoms with E-state index in [0.717, 1.165) is 12.8 Å². The zero-order valence-corrected chi connectivity index (χ0v) is 9.50. The van der Waals surface area contributed by atoms with E-state index in [2.05, 4.69) is 11.8 Å². The SMILES string of the molecule is CC=C(C(=O)OOCCCC)C(C)C. The summed E-state index contributed by atoms with van der Waals surface area (Å²) in [6.07, 6.45) is 3.69. The molecule has 0 bridgehead atoms. The first-order chi connectivity index (χ1) is 6.63. The largest absolute Gasteiger partial charge is 0.369 e. The van der Waals surface area contributed by atoms with E-state index in [1.807, 2.05) is 20.8 Å². The van der Waals surface area contributed by atoms with Crippen molar-refractivity contribution in [2.45, 2.75) is 40.5 Å². The van der Waals surface area contributed by atoms with Crippen LogP contribution in [0.2, 0.25) is 0 Å².